The molecular formula is C12H11NO3. The highest BCUT2D eigenvalue weighted by Crippen LogP contribution is 2.38. The second-order valence-corrected chi connectivity index (χ2v) is 3.29. The van der Waals surface area contributed by atoms with Gasteiger partial charge in [-0.2, -0.15) is 5.26 Å². The van der Waals surface area contributed by atoms with E-state index in [0.717, 1.165) is 11.1 Å². The van der Waals surface area contributed by atoms with Crippen LogP contribution < -0.4 is 9.47 Å². The molecule has 0 amide bonds. The van der Waals surface area contributed by atoms with Crippen LogP contribution in [0.1, 0.15) is 11.1 Å². The molecule has 4 heteroatoms. The molecule has 4 nitrogen and oxygen atoms in total. The molecule has 0 aromatic heterocycles. The lowest BCUT2D eigenvalue weighted by Gasteiger charge is -2.08. The summed E-state index contributed by atoms with van der Waals surface area (Å²) in [7, 11) is 3.17. The van der Waals surface area contributed by atoms with Gasteiger partial charge in [0.1, 0.15) is 12.4 Å². The third-order valence-corrected chi connectivity index (χ3v) is 2.45. The van der Waals surface area contributed by atoms with Crippen LogP contribution in [0.15, 0.2) is 18.2 Å². The van der Waals surface area contributed by atoms with Gasteiger partial charge in [-0.15, -0.1) is 0 Å². The Morgan fingerprint density at radius 1 is 1.31 bits per heavy atom. The summed E-state index contributed by atoms with van der Waals surface area (Å²) in [4.78, 5) is 0. The lowest BCUT2D eigenvalue weighted by atomic mass is 10.1. The maximum Gasteiger partial charge on any atom is 0.161 e. The van der Waals surface area contributed by atoms with Crippen molar-refractivity contribution in [1.29, 1.82) is 5.26 Å². The van der Waals surface area contributed by atoms with Gasteiger partial charge in [0, 0.05) is 11.1 Å². The van der Waals surface area contributed by atoms with Crippen LogP contribution in [0.25, 0.3) is 5.76 Å². The Bertz CT molecular complexity index is 486. The summed E-state index contributed by atoms with van der Waals surface area (Å²) in [5.74, 6) is 1.89. The highest BCUT2D eigenvalue weighted by Gasteiger charge is 2.21. The van der Waals surface area contributed by atoms with Crippen LogP contribution in [0.2, 0.25) is 0 Å². The molecule has 82 valence electrons. The number of rotatable bonds is 2. The molecular weight excluding hydrogens is 206 g/mol. The molecule has 1 aromatic rings. The average Bonchev–Trinajstić information content (AvgIpc) is 2.70. The van der Waals surface area contributed by atoms with E-state index < -0.39 is 0 Å². The Morgan fingerprint density at radius 2 is 2.00 bits per heavy atom. The van der Waals surface area contributed by atoms with Crippen molar-refractivity contribution in [3.05, 3.63) is 29.3 Å². The summed E-state index contributed by atoms with van der Waals surface area (Å²) in [6, 6.07) is 5.65. The molecule has 2 rings (SSSR count). The molecule has 0 saturated heterocycles. The highest BCUT2D eigenvalue weighted by atomic mass is 16.5. The summed E-state index contributed by atoms with van der Waals surface area (Å²) in [5.41, 5.74) is 1.89. The number of benzene rings is 1. The quantitative estimate of drug-likeness (QED) is 0.712. The van der Waals surface area contributed by atoms with E-state index in [1.165, 1.54) is 6.08 Å². The largest absolute Gasteiger partial charge is 0.493 e. The maximum atomic E-state index is 8.62. The Labute approximate surface area is 93.7 Å². The van der Waals surface area contributed by atoms with Crippen molar-refractivity contribution in [3.63, 3.8) is 0 Å². The number of methoxy groups -OCH3 is 2. The summed E-state index contributed by atoms with van der Waals surface area (Å²) < 4.78 is 15.8. The molecule has 1 aliphatic heterocycles. The molecule has 1 aliphatic rings. The van der Waals surface area contributed by atoms with Gasteiger partial charge < -0.3 is 14.2 Å². The van der Waals surface area contributed by atoms with Gasteiger partial charge in [0.2, 0.25) is 0 Å². The molecule has 1 heterocycles. The van der Waals surface area contributed by atoms with Crippen LogP contribution in [-0.2, 0) is 11.3 Å². The molecule has 0 N–H and O–H groups in total. The van der Waals surface area contributed by atoms with E-state index in [0.29, 0.717) is 23.9 Å². The fourth-order valence-electron chi connectivity index (χ4n) is 1.68. The fraction of sp³-hybridized carbons (Fsp3) is 0.250. The predicted octanol–water partition coefficient (Wildman–Crippen LogP) is 2.10. The molecule has 0 saturated carbocycles. The smallest absolute Gasteiger partial charge is 0.161 e. The molecule has 0 aliphatic carbocycles. The van der Waals surface area contributed by atoms with Gasteiger partial charge in [-0.05, 0) is 12.1 Å². The Balaban J connectivity index is 2.53. The van der Waals surface area contributed by atoms with Gasteiger partial charge in [-0.25, -0.2) is 0 Å². The number of nitrogens with zero attached hydrogens (tertiary/aromatic N) is 1. The standard InChI is InChI=1S/C12H11NO3/c1-14-11-5-8-7-16-10(3-4-13)9(8)6-12(11)15-2/h3,5-6H,7H2,1-2H3/b10-3-. The molecule has 0 spiro atoms. The van der Waals surface area contributed by atoms with Gasteiger partial charge >= 0.3 is 0 Å². The number of allylic oxidation sites excluding steroid dienone is 1. The minimum absolute atomic E-state index is 0.462. The van der Waals surface area contributed by atoms with Crippen molar-refractivity contribution in [2.45, 2.75) is 6.61 Å². The molecule has 1 aromatic carbocycles. The molecule has 0 bridgehead atoms. The zero-order valence-electron chi connectivity index (χ0n) is 9.11. The minimum Gasteiger partial charge on any atom is -0.493 e. The molecule has 16 heavy (non-hydrogen) atoms. The first kappa shape index (κ1) is 10.4. The molecule has 0 atom stereocenters. The number of hydrogen-bond acceptors (Lipinski definition) is 4. The van der Waals surface area contributed by atoms with E-state index in [-0.39, 0.29) is 0 Å². The van der Waals surface area contributed by atoms with Gasteiger partial charge in [0.25, 0.3) is 0 Å². The molecule has 0 fully saturated rings. The van der Waals surface area contributed by atoms with Crippen LogP contribution in [0.4, 0.5) is 0 Å². The summed E-state index contributed by atoms with van der Waals surface area (Å²) in [6.45, 7) is 0.462. The maximum absolute atomic E-state index is 8.62. The van der Waals surface area contributed by atoms with E-state index in [9.17, 15) is 0 Å². The van der Waals surface area contributed by atoms with Crippen molar-refractivity contribution in [2.24, 2.45) is 0 Å². The Kier molecular flexibility index (Phi) is 2.69. The Morgan fingerprint density at radius 3 is 2.62 bits per heavy atom. The van der Waals surface area contributed by atoms with Crippen molar-refractivity contribution in [3.8, 4) is 17.6 Å². The monoisotopic (exact) mass is 217 g/mol. The highest BCUT2D eigenvalue weighted by molar-refractivity contribution is 5.71. The number of fused-ring (bicyclic) bond motifs is 1. The number of nitriles is 1. The second-order valence-electron chi connectivity index (χ2n) is 3.29. The number of ether oxygens (including phenoxy) is 3. The van der Waals surface area contributed by atoms with Crippen LogP contribution >= 0.6 is 0 Å². The first-order chi connectivity index (χ1) is 7.80. The summed E-state index contributed by atoms with van der Waals surface area (Å²) >= 11 is 0. The topological polar surface area (TPSA) is 51.5 Å². The van der Waals surface area contributed by atoms with Crippen LogP contribution in [-0.4, -0.2) is 14.2 Å². The second kappa shape index (κ2) is 4.15. The van der Waals surface area contributed by atoms with Gasteiger partial charge in [0.05, 0.1) is 26.4 Å². The predicted molar refractivity (Wildman–Crippen MR) is 57.9 cm³/mol. The van der Waals surface area contributed by atoms with Gasteiger partial charge in [0.15, 0.2) is 11.5 Å². The van der Waals surface area contributed by atoms with Crippen molar-refractivity contribution < 1.29 is 14.2 Å². The van der Waals surface area contributed by atoms with Gasteiger partial charge in [-0.3, -0.25) is 0 Å². The van der Waals surface area contributed by atoms with Crippen molar-refractivity contribution in [1.82, 2.24) is 0 Å². The Hall–Kier alpha value is -2.15. The average molecular weight is 217 g/mol. The van der Waals surface area contributed by atoms with Gasteiger partial charge in [-0.1, -0.05) is 0 Å². The van der Waals surface area contributed by atoms with Crippen LogP contribution in [0, 0.1) is 11.3 Å². The van der Waals surface area contributed by atoms with Crippen LogP contribution in [0.5, 0.6) is 11.5 Å². The van der Waals surface area contributed by atoms with E-state index in [4.69, 9.17) is 19.5 Å². The number of hydrogen-bond donors (Lipinski definition) is 0. The third kappa shape index (κ3) is 1.57. The fourth-order valence-corrected chi connectivity index (χ4v) is 1.68. The molecule has 0 unspecified atom stereocenters. The lowest BCUT2D eigenvalue weighted by molar-refractivity contribution is 0.285. The van der Waals surface area contributed by atoms with E-state index in [2.05, 4.69) is 0 Å². The first-order valence-electron chi connectivity index (χ1n) is 4.78. The molecule has 0 radical (unpaired) electrons. The van der Waals surface area contributed by atoms with Crippen molar-refractivity contribution in [2.75, 3.05) is 14.2 Å². The third-order valence-electron chi connectivity index (χ3n) is 2.45. The van der Waals surface area contributed by atoms with E-state index in [1.54, 1.807) is 14.2 Å². The zero-order chi connectivity index (χ0) is 11.5. The zero-order valence-corrected chi connectivity index (χ0v) is 9.11. The van der Waals surface area contributed by atoms with E-state index in [1.807, 2.05) is 18.2 Å². The van der Waals surface area contributed by atoms with Crippen molar-refractivity contribution >= 4 is 5.76 Å². The lowest BCUT2D eigenvalue weighted by Crippen LogP contribution is -1.93. The summed E-state index contributed by atoms with van der Waals surface area (Å²) in [5, 5.41) is 8.62. The van der Waals surface area contributed by atoms with Crippen LogP contribution in [0.3, 0.4) is 0 Å². The minimum atomic E-state index is 0.462. The summed E-state index contributed by atoms with van der Waals surface area (Å²) in [6.07, 6.45) is 1.39. The SMILES string of the molecule is COc1cc2c(cc1OC)/C(=C/C#N)OC2. The van der Waals surface area contributed by atoms with E-state index >= 15 is 0 Å². The normalized spacial score (nSPS) is 15.2. The first-order valence-corrected chi connectivity index (χ1v) is 4.78.